The third kappa shape index (κ3) is 3.04. The highest BCUT2D eigenvalue weighted by Crippen LogP contribution is 2.41. The van der Waals surface area contributed by atoms with Crippen LogP contribution in [0.25, 0.3) is 0 Å². The van der Waals surface area contributed by atoms with Gasteiger partial charge in [-0.3, -0.25) is 0 Å². The van der Waals surface area contributed by atoms with E-state index in [0.29, 0.717) is 24.2 Å². The van der Waals surface area contributed by atoms with Crippen molar-refractivity contribution in [3.05, 3.63) is 11.7 Å². The molecule has 1 aromatic heterocycles. The van der Waals surface area contributed by atoms with Gasteiger partial charge in [0.05, 0.1) is 5.92 Å². The molecule has 1 heterocycles. The molecule has 3 unspecified atom stereocenters. The van der Waals surface area contributed by atoms with Crippen LogP contribution in [0.2, 0.25) is 0 Å². The number of ether oxygens (including phenoxy) is 1. The van der Waals surface area contributed by atoms with Crippen molar-refractivity contribution in [2.75, 3.05) is 13.7 Å². The zero-order valence-corrected chi connectivity index (χ0v) is 12.9. The molecule has 114 valence electrons. The molecule has 1 aliphatic carbocycles. The van der Waals surface area contributed by atoms with Crippen molar-refractivity contribution >= 4 is 0 Å². The maximum Gasteiger partial charge on any atom is 0.231 e. The molecule has 20 heavy (non-hydrogen) atoms. The Morgan fingerprint density at radius 1 is 1.55 bits per heavy atom. The van der Waals surface area contributed by atoms with Crippen molar-refractivity contribution < 1.29 is 9.26 Å². The van der Waals surface area contributed by atoms with Gasteiger partial charge >= 0.3 is 0 Å². The van der Waals surface area contributed by atoms with Gasteiger partial charge in [-0.25, -0.2) is 0 Å². The van der Waals surface area contributed by atoms with Crippen LogP contribution in [0.1, 0.15) is 70.0 Å². The monoisotopic (exact) mass is 281 g/mol. The van der Waals surface area contributed by atoms with E-state index in [4.69, 9.17) is 15.0 Å². The van der Waals surface area contributed by atoms with Crippen molar-refractivity contribution in [3.63, 3.8) is 0 Å². The number of rotatable bonds is 6. The molecule has 1 aliphatic rings. The van der Waals surface area contributed by atoms with E-state index in [1.165, 1.54) is 6.42 Å². The van der Waals surface area contributed by atoms with Gasteiger partial charge in [0, 0.05) is 13.7 Å². The Balaban J connectivity index is 2.21. The van der Waals surface area contributed by atoms with Gasteiger partial charge in [-0.05, 0) is 31.6 Å². The Hall–Kier alpha value is -0.940. The highest BCUT2D eigenvalue weighted by Gasteiger charge is 2.41. The summed E-state index contributed by atoms with van der Waals surface area (Å²) in [6.07, 6.45) is 6.36. The summed E-state index contributed by atoms with van der Waals surface area (Å²) in [4.78, 5) is 4.62. The molecule has 0 aromatic carbocycles. The van der Waals surface area contributed by atoms with Gasteiger partial charge in [-0.1, -0.05) is 31.8 Å². The van der Waals surface area contributed by atoms with Crippen LogP contribution in [0.5, 0.6) is 0 Å². The van der Waals surface area contributed by atoms with Gasteiger partial charge in [0.25, 0.3) is 0 Å². The summed E-state index contributed by atoms with van der Waals surface area (Å²) in [5, 5.41) is 4.20. The average Bonchev–Trinajstić information content (AvgIpc) is 2.94. The van der Waals surface area contributed by atoms with Crippen molar-refractivity contribution in [1.82, 2.24) is 10.1 Å². The highest BCUT2D eigenvalue weighted by atomic mass is 16.5. The van der Waals surface area contributed by atoms with Gasteiger partial charge in [-0.2, -0.15) is 4.98 Å². The van der Waals surface area contributed by atoms with E-state index in [9.17, 15) is 0 Å². The smallest absolute Gasteiger partial charge is 0.231 e. The fourth-order valence-electron chi connectivity index (χ4n) is 3.26. The van der Waals surface area contributed by atoms with E-state index in [1.807, 2.05) is 0 Å². The summed E-state index contributed by atoms with van der Waals surface area (Å²) in [5.74, 6) is 2.16. The second-order valence-corrected chi connectivity index (χ2v) is 6.08. The molecule has 5 heteroatoms. The molecule has 0 amide bonds. The average molecular weight is 281 g/mol. The molecule has 1 fully saturated rings. The fraction of sp³-hybridized carbons (Fsp3) is 0.867. The second kappa shape index (κ2) is 6.68. The molecular weight excluding hydrogens is 254 g/mol. The minimum atomic E-state index is -0.370. The predicted octanol–water partition coefficient (Wildman–Crippen LogP) is 2.96. The molecule has 1 aromatic rings. The predicted molar refractivity (Wildman–Crippen MR) is 77.3 cm³/mol. The van der Waals surface area contributed by atoms with Crippen LogP contribution in [0.4, 0.5) is 0 Å². The van der Waals surface area contributed by atoms with E-state index < -0.39 is 0 Å². The third-order valence-corrected chi connectivity index (χ3v) is 4.47. The lowest BCUT2D eigenvalue weighted by molar-refractivity contribution is -0.0658. The van der Waals surface area contributed by atoms with Gasteiger partial charge < -0.3 is 15.0 Å². The number of hydrogen-bond acceptors (Lipinski definition) is 5. The van der Waals surface area contributed by atoms with Gasteiger partial charge in [0.2, 0.25) is 11.7 Å². The quantitative estimate of drug-likeness (QED) is 0.867. The molecule has 0 radical (unpaired) electrons. The van der Waals surface area contributed by atoms with Gasteiger partial charge in [-0.15, -0.1) is 0 Å². The SMILES string of the molecule is CCCC(CN)c1nc(C2(OC)CCCC(C)C2)no1. The zero-order valence-electron chi connectivity index (χ0n) is 12.9. The number of nitrogens with zero attached hydrogens (tertiary/aromatic N) is 2. The van der Waals surface area contributed by atoms with Crippen LogP contribution < -0.4 is 5.73 Å². The van der Waals surface area contributed by atoms with Crippen LogP contribution in [0.15, 0.2) is 4.52 Å². The van der Waals surface area contributed by atoms with E-state index in [-0.39, 0.29) is 11.5 Å². The molecule has 0 spiro atoms. The van der Waals surface area contributed by atoms with Crippen LogP contribution in [0, 0.1) is 5.92 Å². The first-order valence-electron chi connectivity index (χ1n) is 7.74. The molecule has 2 rings (SSSR count). The number of hydrogen-bond donors (Lipinski definition) is 1. The molecule has 0 bridgehead atoms. The molecule has 3 atom stereocenters. The Morgan fingerprint density at radius 2 is 2.35 bits per heavy atom. The van der Waals surface area contributed by atoms with Gasteiger partial charge in [0.1, 0.15) is 5.60 Å². The third-order valence-electron chi connectivity index (χ3n) is 4.47. The number of nitrogens with two attached hydrogens (primary N) is 1. The first-order chi connectivity index (χ1) is 9.65. The summed E-state index contributed by atoms with van der Waals surface area (Å²) in [5.41, 5.74) is 5.44. The summed E-state index contributed by atoms with van der Waals surface area (Å²) < 4.78 is 11.3. The molecule has 1 saturated carbocycles. The van der Waals surface area contributed by atoms with Crippen LogP contribution in [0.3, 0.4) is 0 Å². The van der Waals surface area contributed by atoms with E-state index in [0.717, 1.165) is 32.1 Å². The molecule has 0 aliphatic heterocycles. The number of methoxy groups -OCH3 is 1. The second-order valence-electron chi connectivity index (χ2n) is 6.08. The maximum absolute atomic E-state index is 5.81. The Morgan fingerprint density at radius 3 is 2.95 bits per heavy atom. The maximum atomic E-state index is 5.81. The Bertz CT molecular complexity index is 421. The lowest BCUT2D eigenvalue weighted by atomic mass is 9.78. The zero-order chi connectivity index (χ0) is 14.6. The van der Waals surface area contributed by atoms with Crippen molar-refractivity contribution in [2.24, 2.45) is 11.7 Å². The van der Waals surface area contributed by atoms with Crippen molar-refractivity contribution in [2.45, 2.75) is 63.9 Å². The minimum absolute atomic E-state index is 0.163. The van der Waals surface area contributed by atoms with E-state index in [2.05, 4.69) is 24.0 Å². The summed E-state index contributed by atoms with van der Waals surface area (Å²) in [6, 6.07) is 0. The molecular formula is C15H27N3O2. The normalized spacial score (nSPS) is 28.5. The Kier molecular flexibility index (Phi) is 5.16. The number of aromatic nitrogens is 2. The Labute approximate surface area is 121 Å². The standard InChI is InChI=1S/C15H27N3O2/c1-4-6-12(10-16)13-17-14(18-20-13)15(19-3)8-5-7-11(2)9-15/h11-12H,4-10,16H2,1-3H3. The summed E-state index contributed by atoms with van der Waals surface area (Å²) >= 11 is 0. The summed E-state index contributed by atoms with van der Waals surface area (Å²) in [6.45, 7) is 4.94. The van der Waals surface area contributed by atoms with Gasteiger partial charge in [0.15, 0.2) is 0 Å². The van der Waals surface area contributed by atoms with Crippen molar-refractivity contribution in [3.8, 4) is 0 Å². The summed E-state index contributed by atoms with van der Waals surface area (Å²) in [7, 11) is 1.75. The molecule has 0 saturated heterocycles. The van der Waals surface area contributed by atoms with Crippen LogP contribution in [-0.2, 0) is 10.3 Å². The molecule has 2 N–H and O–H groups in total. The fourth-order valence-corrected chi connectivity index (χ4v) is 3.26. The first kappa shape index (κ1) is 15.4. The lowest BCUT2D eigenvalue weighted by Crippen LogP contribution is -2.35. The molecule has 5 nitrogen and oxygen atoms in total. The minimum Gasteiger partial charge on any atom is -0.370 e. The topological polar surface area (TPSA) is 74.2 Å². The largest absolute Gasteiger partial charge is 0.370 e. The highest BCUT2D eigenvalue weighted by molar-refractivity contribution is 5.06. The van der Waals surface area contributed by atoms with E-state index >= 15 is 0 Å². The van der Waals surface area contributed by atoms with E-state index in [1.54, 1.807) is 7.11 Å². The van der Waals surface area contributed by atoms with Crippen LogP contribution >= 0.6 is 0 Å². The lowest BCUT2D eigenvalue weighted by Gasteiger charge is -2.36. The van der Waals surface area contributed by atoms with Crippen LogP contribution in [-0.4, -0.2) is 23.8 Å². The van der Waals surface area contributed by atoms with Crippen molar-refractivity contribution in [1.29, 1.82) is 0 Å². The first-order valence-corrected chi connectivity index (χ1v) is 7.74.